The number of anilines is 1. The maximum absolute atomic E-state index is 5.28. The first-order valence-electron chi connectivity index (χ1n) is 3.69. The summed E-state index contributed by atoms with van der Waals surface area (Å²) in [5.41, 5.74) is 5.28. The quantitative estimate of drug-likeness (QED) is 0.598. The summed E-state index contributed by atoms with van der Waals surface area (Å²) in [6.07, 6.45) is 2.23. The van der Waals surface area contributed by atoms with Crippen LogP contribution in [0.4, 0.5) is 6.01 Å². The van der Waals surface area contributed by atoms with Gasteiger partial charge in [-0.05, 0) is 19.4 Å². The number of nitrogens with two attached hydrogens (primary N) is 1. The van der Waals surface area contributed by atoms with Crippen molar-refractivity contribution in [2.24, 2.45) is 0 Å². The molecule has 1 fully saturated rings. The number of aromatic nitrogens is 2. The second-order valence-corrected chi connectivity index (χ2v) is 2.64. The standard InChI is InChI=1S/C6H10N4O/c7-6-9-5(10-11-6)4-2-1-3-8-4/h4,8H,1-3H2,(H2,7,9,10). The lowest BCUT2D eigenvalue weighted by Gasteiger charge is -2.01. The van der Waals surface area contributed by atoms with E-state index in [-0.39, 0.29) is 12.1 Å². The van der Waals surface area contributed by atoms with Crippen LogP contribution in [0.25, 0.3) is 0 Å². The van der Waals surface area contributed by atoms with Crippen LogP contribution < -0.4 is 11.1 Å². The predicted molar refractivity (Wildman–Crippen MR) is 38.7 cm³/mol. The summed E-state index contributed by atoms with van der Waals surface area (Å²) < 4.78 is 4.65. The van der Waals surface area contributed by atoms with Crippen LogP contribution in [0.15, 0.2) is 4.52 Å². The molecule has 1 aromatic heterocycles. The Morgan fingerprint density at radius 2 is 2.55 bits per heavy atom. The van der Waals surface area contributed by atoms with Crippen molar-refractivity contribution >= 4 is 6.01 Å². The zero-order valence-electron chi connectivity index (χ0n) is 6.08. The van der Waals surface area contributed by atoms with E-state index in [0.717, 1.165) is 13.0 Å². The molecule has 1 aliphatic rings. The highest BCUT2D eigenvalue weighted by Gasteiger charge is 2.20. The molecule has 5 heteroatoms. The van der Waals surface area contributed by atoms with E-state index >= 15 is 0 Å². The van der Waals surface area contributed by atoms with Gasteiger partial charge in [0, 0.05) is 0 Å². The number of hydrogen-bond acceptors (Lipinski definition) is 5. The van der Waals surface area contributed by atoms with Crippen molar-refractivity contribution in [2.75, 3.05) is 12.3 Å². The fourth-order valence-electron chi connectivity index (χ4n) is 1.29. The Labute approximate surface area is 64.0 Å². The Hall–Kier alpha value is -1.10. The Morgan fingerprint density at radius 1 is 1.64 bits per heavy atom. The zero-order chi connectivity index (χ0) is 7.68. The fraction of sp³-hybridized carbons (Fsp3) is 0.667. The number of rotatable bonds is 1. The van der Waals surface area contributed by atoms with E-state index in [1.54, 1.807) is 0 Å². The zero-order valence-corrected chi connectivity index (χ0v) is 6.08. The molecule has 2 rings (SSSR count). The maximum Gasteiger partial charge on any atom is 0.318 e. The van der Waals surface area contributed by atoms with Gasteiger partial charge in [0.2, 0.25) is 0 Å². The largest absolute Gasteiger partial charge is 0.351 e. The number of nitrogen functional groups attached to an aromatic ring is 1. The van der Waals surface area contributed by atoms with Crippen molar-refractivity contribution in [3.63, 3.8) is 0 Å². The highest BCUT2D eigenvalue weighted by molar-refractivity contribution is 5.09. The van der Waals surface area contributed by atoms with Gasteiger partial charge >= 0.3 is 6.01 Å². The van der Waals surface area contributed by atoms with E-state index in [4.69, 9.17) is 5.73 Å². The highest BCUT2D eigenvalue weighted by Crippen LogP contribution is 2.20. The van der Waals surface area contributed by atoms with Crippen LogP contribution in [0.2, 0.25) is 0 Å². The van der Waals surface area contributed by atoms with Crippen LogP contribution in [0.5, 0.6) is 0 Å². The first-order chi connectivity index (χ1) is 5.36. The topological polar surface area (TPSA) is 77.0 Å². The van der Waals surface area contributed by atoms with Crippen molar-refractivity contribution in [2.45, 2.75) is 18.9 Å². The molecule has 11 heavy (non-hydrogen) atoms. The number of nitrogens with one attached hydrogen (secondary N) is 1. The monoisotopic (exact) mass is 154 g/mol. The molecular weight excluding hydrogens is 144 g/mol. The Balaban J connectivity index is 2.15. The predicted octanol–water partition coefficient (Wildman–Crippen LogP) is 0.0763. The SMILES string of the molecule is Nc1nc(C2CCCN2)no1. The minimum absolute atomic E-state index is 0.147. The summed E-state index contributed by atoms with van der Waals surface area (Å²) in [5, 5.41) is 6.97. The van der Waals surface area contributed by atoms with Gasteiger partial charge in [-0.3, -0.25) is 0 Å². The molecule has 0 saturated carbocycles. The van der Waals surface area contributed by atoms with Crippen LogP contribution in [0, 0.1) is 0 Å². The van der Waals surface area contributed by atoms with Gasteiger partial charge in [-0.15, -0.1) is 0 Å². The van der Waals surface area contributed by atoms with Gasteiger partial charge in [-0.25, -0.2) is 0 Å². The van der Waals surface area contributed by atoms with Crippen LogP contribution in [-0.4, -0.2) is 16.7 Å². The third-order valence-corrected chi connectivity index (χ3v) is 1.83. The molecule has 1 atom stereocenters. The van der Waals surface area contributed by atoms with Crippen LogP contribution in [-0.2, 0) is 0 Å². The summed E-state index contributed by atoms with van der Waals surface area (Å²) >= 11 is 0. The summed E-state index contributed by atoms with van der Waals surface area (Å²) in [5.74, 6) is 0.681. The average molecular weight is 154 g/mol. The summed E-state index contributed by atoms with van der Waals surface area (Å²) in [7, 11) is 0. The molecule has 0 spiro atoms. The smallest absolute Gasteiger partial charge is 0.318 e. The lowest BCUT2D eigenvalue weighted by molar-refractivity contribution is 0.416. The van der Waals surface area contributed by atoms with Crippen molar-refractivity contribution in [3.05, 3.63) is 5.82 Å². The molecule has 0 radical (unpaired) electrons. The maximum atomic E-state index is 5.28. The van der Waals surface area contributed by atoms with E-state index in [1.807, 2.05) is 0 Å². The fourth-order valence-corrected chi connectivity index (χ4v) is 1.29. The van der Waals surface area contributed by atoms with E-state index in [0.29, 0.717) is 5.82 Å². The third kappa shape index (κ3) is 1.19. The molecule has 0 amide bonds. The van der Waals surface area contributed by atoms with E-state index in [2.05, 4.69) is 20.0 Å². The van der Waals surface area contributed by atoms with E-state index in [1.165, 1.54) is 6.42 Å². The second kappa shape index (κ2) is 2.50. The highest BCUT2D eigenvalue weighted by atomic mass is 16.5. The van der Waals surface area contributed by atoms with Crippen LogP contribution in [0.3, 0.4) is 0 Å². The molecule has 1 aromatic rings. The van der Waals surface area contributed by atoms with E-state index in [9.17, 15) is 0 Å². The third-order valence-electron chi connectivity index (χ3n) is 1.83. The molecule has 60 valence electrons. The molecule has 1 saturated heterocycles. The van der Waals surface area contributed by atoms with E-state index < -0.39 is 0 Å². The Bertz CT molecular complexity index is 240. The van der Waals surface area contributed by atoms with Crippen molar-refractivity contribution in [3.8, 4) is 0 Å². The van der Waals surface area contributed by atoms with Gasteiger partial charge < -0.3 is 15.6 Å². The van der Waals surface area contributed by atoms with Crippen molar-refractivity contribution in [1.82, 2.24) is 15.5 Å². The molecule has 0 aromatic carbocycles. The summed E-state index contributed by atoms with van der Waals surface area (Å²) in [6.45, 7) is 1.03. The lowest BCUT2D eigenvalue weighted by Crippen LogP contribution is -2.14. The Morgan fingerprint density at radius 3 is 3.09 bits per heavy atom. The molecular formula is C6H10N4O. The average Bonchev–Trinajstić information content (AvgIpc) is 2.55. The van der Waals surface area contributed by atoms with Gasteiger partial charge in [-0.2, -0.15) is 4.98 Å². The minimum Gasteiger partial charge on any atom is -0.351 e. The number of nitrogens with zero attached hydrogens (tertiary/aromatic N) is 2. The molecule has 0 bridgehead atoms. The van der Waals surface area contributed by atoms with Gasteiger partial charge in [0.1, 0.15) is 0 Å². The summed E-state index contributed by atoms with van der Waals surface area (Å²) in [6, 6.07) is 0.393. The molecule has 2 heterocycles. The second-order valence-electron chi connectivity index (χ2n) is 2.64. The van der Waals surface area contributed by atoms with Gasteiger partial charge in [0.05, 0.1) is 6.04 Å². The first-order valence-corrected chi connectivity index (χ1v) is 3.69. The lowest BCUT2D eigenvalue weighted by atomic mass is 10.2. The van der Waals surface area contributed by atoms with Crippen LogP contribution >= 0.6 is 0 Å². The molecule has 3 N–H and O–H groups in total. The molecule has 1 aliphatic heterocycles. The normalized spacial score (nSPS) is 24.2. The van der Waals surface area contributed by atoms with Gasteiger partial charge in [0.15, 0.2) is 5.82 Å². The van der Waals surface area contributed by atoms with Crippen LogP contribution in [0.1, 0.15) is 24.7 Å². The Kier molecular flexibility index (Phi) is 1.50. The molecule has 5 nitrogen and oxygen atoms in total. The molecule has 1 unspecified atom stereocenters. The number of hydrogen-bond donors (Lipinski definition) is 2. The van der Waals surface area contributed by atoms with Crippen molar-refractivity contribution in [1.29, 1.82) is 0 Å². The first kappa shape index (κ1) is 6.60. The van der Waals surface area contributed by atoms with Crippen molar-refractivity contribution < 1.29 is 4.52 Å². The minimum atomic E-state index is 0.147. The molecule has 0 aliphatic carbocycles. The van der Waals surface area contributed by atoms with Gasteiger partial charge in [-0.1, -0.05) is 5.16 Å². The van der Waals surface area contributed by atoms with Gasteiger partial charge in [0.25, 0.3) is 0 Å². The summed E-state index contributed by atoms with van der Waals surface area (Å²) in [4.78, 5) is 3.93.